The van der Waals surface area contributed by atoms with Crippen LogP contribution >= 0.6 is 23.2 Å². The van der Waals surface area contributed by atoms with E-state index in [4.69, 9.17) is 37.4 Å². The number of nitrogens with zero attached hydrogens (tertiary/aromatic N) is 2. The Kier molecular flexibility index (Phi) is 5.14. The molecule has 7 nitrogen and oxygen atoms in total. The zero-order valence-electron chi connectivity index (χ0n) is 14.9. The number of nitrogens with one attached hydrogen (secondary N) is 1. The minimum absolute atomic E-state index is 0.291. The van der Waals surface area contributed by atoms with Crippen LogP contribution in [0.3, 0.4) is 0 Å². The van der Waals surface area contributed by atoms with Crippen LogP contribution in [-0.2, 0) is 9.07 Å². The average molecular weight is 422 g/mol. The first-order valence-corrected chi connectivity index (χ1v) is 9.44. The highest BCUT2D eigenvalue weighted by atomic mass is 35.5. The van der Waals surface area contributed by atoms with Gasteiger partial charge in [-0.2, -0.15) is 10.2 Å². The van der Waals surface area contributed by atoms with E-state index in [2.05, 4.69) is 15.2 Å². The molecule has 1 fully saturated rings. The molecule has 1 aliphatic heterocycles. The Hall–Kier alpha value is -2.35. The first-order chi connectivity index (χ1) is 13.5. The van der Waals surface area contributed by atoms with Crippen molar-refractivity contribution in [1.29, 1.82) is 0 Å². The maximum atomic E-state index is 11.7. The van der Waals surface area contributed by atoms with E-state index < -0.39 is 4.33 Å². The van der Waals surface area contributed by atoms with Crippen molar-refractivity contribution in [2.24, 2.45) is 0 Å². The van der Waals surface area contributed by atoms with E-state index >= 15 is 0 Å². The number of methoxy groups -OCH3 is 1. The normalized spacial score (nSPS) is 17.0. The van der Waals surface area contributed by atoms with E-state index in [1.54, 1.807) is 31.5 Å². The molecular weight excluding hydrogens is 405 g/mol. The molecule has 0 saturated carbocycles. The Morgan fingerprint density at radius 2 is 2.14 bits per heavy atom. The van der Waals surface area contributed by atoms with Gasteiger partial charge in [-0.3, -0.25) is 4.79 Å². The SMILES string of the molecule is COc1ccc2c(C(Cl)(Cl)c3cc[nH]c(=O)c3)nncc2c1OC1CCCO1. The Labute approximate surface area is 170 Å². The monoisotopic (exact) mass is 421 g/mol. The molecule has 0 amide bonds. The summed E-state index contributed by atoms with van der Waals surface area (Å²) >= 11 is 13.3. The summed E-state index contributed by atoms with van der Waals surface area (Å²) in [5.41, 5.74) is 0.359. The lowest BCUT2D eigenvalue weighted by Gasteiger charge is -2.22. The van der Waals surface area contributed by atoms with Gasteiger partial charge in [0.25, 0.3) is 0 Å². The van der Waals surface area contributed by atoms with E-state index in [1.807, 2.05) is 0 Å². The summed E-state index contributed by atoms with van der Waals surface area (Å²) in [6.07, 6.45) is 4.39. The van der Waals surface area contributed by atoms with Crippen LogP contribution in [0.4, 0.5) is 0 Å². The van der Waals surface area contributed by atoms with Gasteiger partial charge >= 0.3 is 0 Å². The second-order valence-corrected chi connectivity index (χ2v) is 7.66. The van der Waals surface area contributed by atoms with Crippen LogP contribution in [0.15, 0.2) is 41.5 Å². The standard InChI is InChI=1S/C19H17Cl2N3O4/c1-26-14-5-4-12-13(17(14)28-16-3-2-8-27-16)10-23-24-18(12)19(20,21)11-6-7-22-15(25)9-11/h4-7,9-10,16H,2-3,8H2,1H3,(H,22,25). The summed E-state index contributed by atoms with van der Waals surface area (Å²) in [6, 6.07) is 6.48. The lowest BCUT2D eigenvalue weighted by atomic mass is 10.0. The first kappa shape index (κ1) is 19.0. The smallest absolute Gasteiger partial charge is 0.248 e. The number of rotatable bonds is 5. The molecule has 1 N–H and O–H groups in total. The molecule has 0 bridgehead atoms. The van der Waals surface area contributed by atoms with E-state index in [9.17, 15) is 4.79 Å². The van der Waals surface area contributed by atoms with E-state index in [0.717, 1.165) is 12.8 Å². The topological polar surface area (TPSA) is 86.3 Å². The van der Waals surface area contributed by atoms with Crippen molar-refractivity contribution in [3.8, 4) is 11.5 Å². The van der Waals surface area contributed by atoms with Gasteiger partial charge in [0.15, 0.2) is 22.1 Å². The molecule has 3 heterocycles. The lowest BCUT2D eigenvalue weighted by molar-refractivity contribution is -0.0393. The van der Waals surface area contributed by atoms with Gasteiger partial charge in [0, 0.05) is 35.0 Å². The lowest BCUT2D eigenvalue weighted by Crippen LogP contribution is -2.19. The van der Waals surface area contributed by atoms with Crippen molar-refractivity contribution < 1.29 is 14.2 Å². The minimum Gasteiger partial charge on any atom is -0.493 e. The Morgan fingerprint density at radius 1 is 1.29 bits per heavy atom. The zero-order valence-corrected chi connectivity index (χ0v) is 16.5. The predicted molar refractivity (Wildman–Crippen MR) is 105 cm³/mol. The Balaban J connectivity index is 1.87. The van der Waals surface area contributed by atoms with Crippen molar-refractivity contribution in [2.45, 2.75) is 23.5 Å². The molecule has 1 aliphatic rings. The Bertz CT molecular complexity index is 1060. The molecule has 1 atom stereocenters. The van der Waals surface area contributed by atoms with Crippen LogP contribution in [0.5, 0.6) is 11.5 Å². The second-order valence-electron chi connectivity index (χ2n) is 6.33. The van der Waals surface area contributed by atoms with Gasteiger partial charge in [-0.1, -0.05) is 23.2 Å². The van der Waals surface area contributed by atoms with Crippen molar-refractivity contribution in [2.75, 3.05) is 13.7 Å². The average Bonchev–Trinajstić information content (AvgIpc) is 3.21. The molecule has 3 aromatic rings. The molecule has 0 radical (unpaired) electrons. The number of H-pyrrole nitrogens is 1. The van der Waals surface area contributed by atoms with Crippen molar-refractivity contribution in [1.82, 2.24) is 15.2 Å². The predicted octanol–water partition coefficient (Wildman–Crippen LogP) is 3.52. The number of alkyl halides is 2. The van der Waals surface area contributed by atoms with Crippen LogP contribution in [0, 0.1) is 0 Å². The summed E-state index contributed by atoms with van der Waals surface area (Å²) < 4.78 is 15.5. The molecule has 0 spiro atoms. The fraction of sp³-hybridized carbons (Fsp3) is 0.316. The van der Waals surface area contributed by atoms with Crippen LogP contribution in [-0.4, -0.2) is 35.2 Å². The highest BCUT2D eigenvalue weighted by molar-refractivity contribution is 6.50. The van der Waals surface area contributed by atoms with Gasteiger partial charge in [0.05, 0.1) is 19.9 Å². The third-order valence-corrected chi connectivity index (χ3v) is 5.35. The summed E-state index contributed by atoms with van der Waals surface area (Å²) in [6.45, 7) is 0.651. The van der Waals surface area contributed by atoms with Gasteiger partial charge in [-0.05, 0) is 24.6 Å². The minimum atomic E-state index is -1.59. The Morgan fingerprint density at radius 3 is 2.86 bits per heavy atom. The highest BCUT2D eigenvalue weighted by Gasteiger charge is 2.34. The van der Waals surface area contributed by atoms with Crippen LogP contribution in [0.2, 0.25) is 0 Å². The van der Waals surface area contributed by atoms with Crippen LogP contribution in [0.1, 0.15) is 24.1 Å². The summed E-state index contributed by atoms with van der Waals surface area (Å²) in [4.78, 5) is 14.2. The number of fused-ring (bicyclic) bond motifs is 1. The van der Waals surface area contributed by atoms with E-state index in [-0.39, 0.29) is 11.8 Å². The summed E-state index contributed by atoms with van der Waals surface area (Å²) in [5, 5.41) is 9.48. The van der Waals surface area contributed by atoms with E-state index in [0.29, 0.717) is 40.1 Å². The molecule has 4 rings (SSSR count). The maximum absolute atomic E-state index is 11.7. The largest absolute Gasteiger partial charge is 0.493 e. The third-order valence-electron chi connectivity index (χ3n) is 4.55. The third kappa shape index (κ3) is 3.41. The fourth-order valence-corrected chi connectivity index (χ4v) is 3.69. The molecule has 2 aromatic heterocycles. The number of aromatic nitrogens is 3. The molecule has 9 heteroatoms. The number of hydrogen-bond donors (Lipinski definition) is 1. The zero-order chi connectivity index (χ0) is 19.7. The second kappa shape index (κ2) is 7.58. The highest BCUT2D eigenvalue weighted by Crippen LogP contribution is 2.45. The van der Waals surface area contributed by atoms with Gasteiger partial charge in [0.1, 0.15) is 5.69 Å². The molecule has 0 aliphatic carbocycles. The van der Waals surface area contributed by atoms with Crippen molar-refractivity contribution >= 4 is 34.0 Å². The number of hydrogen-bond acceptors (Lipinski definition) is 6. The van der Waals surface area contributed by atoms with Crippen LogP contribution < -0.4 is 15.0 Å². The van der Waals surface area contributed by atoms with Crippen molar-refractivity contribution in [3.05, 3.63) is 58.3 Å². The van der Waals surface area contributed by atoms with Crippen LogP contribution in [0.25, 0.3) is 10.8 Å². The van der Waals surface area contributed by atoms with Gasteiger partial charge in [0.2, 0.25) is 5.56 Å². The molecule has 1 unspecified atom stereocenters. The molecule has 1 aromatic carbocycles. The van der Waals surface area contributed by atoms with Gasteiger partial charge in [-0.15, -0.1) is 0 Å². The first-order valence-electron chi connectivity index (χ1n) is 8.69. The fourth-order valence-electron chi connectivity index (χ4n) is 3.18. The number of halogens is 2. The number of pyridine rings is 1. The van der Waals surface area contributed by atoms with Gasteiger partial charge in [-0.25, -0.2) is 0 Å². The molecule has 28 heavy (non-hydrogen) atoms. The quantitative estimate of drug-likeness (QED) is 0.634. The molecule has 146 valence electrons. The number of ether oxygens (including phenoxy) is 3. The molecule has 1 saturated heterocycles. The van der Waals surface area contributed by atoms with Gasteiger partial charge < -0.3 is 19.2 Å². The maximum Gasteiger partial charge on any atom is 0.248 e. The van der Waals surface area contributed by atoms with E-state index in [1.165, 1.54) is 12.3 Å². The van der Waals surface area contributed by atoms with Crippen molar-refractivity contribution in [3.63, 3.8) is 0 Å². The molecular formula is C19H17Cl2N3O4. The number of benzene rings is 1. The summed E-state index contributed by atoms with van der Waals surface area (Å²) in [5.74, 6) is 1.02. The summed E-state index contributed by atoms with van der Waals surface area (Å²) in [7, 11) is 1.56. The number of aromatic amines is 1.